The third-order valence-corrected chi connectivity index (χ3v) is 5.65. The maximum atomic E-state index is 12.7. The summed E-state index contributed by atoms with van der Waals surface area (Å²) in [5, 5.41) is 4.18. The molecular weight excluding hydrogens is 302 g/mol. The Morgan fingerprint density at radius 2 is 2.04 bits per heavy atom. The zero-order chi connectivity index (χ0) is 16.8. The summed E-state index contributed by atoms with van der Waals surface area (Å²) in [6.07, 6.45) is 3.41. The minimum Gasteiger partial charge on any atom is -0.349 e. The summed E-state index contributed by atoms with van der Waals surface area (Å²) < 4.78 is 5.62. The number of aryl methyl sites for hydroxylation is 1. The van der Waals surface area contributed by atoms with Crippen LogP contribution >= 0.6 is 0 Å². The molecule has 1 aromatic heterocycles. The van der Waals surface area contributed by atoms with Gasteiger partial charge < -0.3 is 9.42 Å². The van der Waals surface area contributed by atoms with Crippen molar-refractivity contribution in [3.63, 3.8) is 0 Å². The number of nitrogens with zero attached hydrogens (tertiary/aromatic N) is 3. The summed E-state index contributed by atoms with van der Waals surface area (Å²) in [6, 6.07) is 8.09. The fraction of sp³-hybridized carbons (Fsp3) is 0.526. The SMILES string of the molecule is Cc1cccc(-c2noc([C@H]3[C@@H]4CC[C@@H](C4)[C@@H]3C(=O)N(C)C)n2)c1. The molecule has 24 heavy (non-hydrogen) atoms. The lowest BCUT2D eigenvalue weighted by Gasteiger charge is -2.29. The van der Waals surface area contributed by atoms with Gasteiger partial charge in [0.1, 0.15) is 0 Å². The van der Waals surface area contributed by atoms with Crippen molar-refractivity contribution >= 4 is 5.91 Å². The summed E-state index contributed by atoms with van der Waals surface area (Å²) in [5.41, 5.74) is 2.13. The van der Waals surface area contributed by atoms with E-state index in [9.17, 15) is 4.79 Å². The van der Waals surface area contributed by atoms with Crippen molar-refractivity contribution in [1.82, 2.24) is 15.0 Å². The van der Waals surface area contributed by atoms with Gasteiger partial charge in [0.15, 0.2) is 0 Å². The van der Waals surface area contributed by atoms with Crippen LogP contribution in [0.4, 0.5) is 0 Å². The molecule has 2 bridgehead atoms. The van der Waals surface area contributed by atoms with Gasteiger partial charge in [-0.1, -0.05) is 28.9 Å². The van der Waals surface area contributed by atoms with Gasteiger partial charge in [-0.05, 0) is 44.1 Å². The van der Waals surface area contributed by atoms with Gasteiger partial charge in [0.05, 0.1) is 11.8 Å². The van der Waals surface area contributed by atoms with Gasteiger partial charge in [0, 0.05) is 19.7 Å². The van der Waals surface area contributed by atoms with E-state index in [0.717, 1.165) is 24.8 Å². The van der Waals surface area contributed by atoms with Crippen molar-refractivity contribution in [2.75, 3.05) is 14.1 Å². The number of carbonyl (C=O) groups excluding carboxylic acids is 1. The van der Waals surface area contributed by atoms with Crippen LogP contribution in [0.15, 0.2) is 28.8 Å². The van der Waals surface area contributed by atoms with Crippen molar-refractivity contribution in [2.45, 2.75) is 32.1 Å². The smallest absolute Gasteiger partial charge is 0.231 e. The molecule has 2 aliphatic carbocycles. The van der Waals surface area contributed by atoms with E-state index < -0.39 is 0 Å². The van der Waals surface area contributed by atoms with E-state index in [0.29, 0.717) is 23.6 Å². The van der Waals surface area contributed by atoms with Crippen molar-refractivity contribution in [1.29, 1.82) is 0 Å². The average molecular weight is 325 g/mol. The number of carbonyl (C=O) groups is 1. The van der Waals surface area contributed by atoms with Gasteiger partial charge in [-0.2, -0.15) is 4.98 Å². The highest BCUT2D eigenvalue weighted by Crippen LogP contribution is 2.56. The van der Waals surface area contributed by atoms with Gasteiger partial charge >= 0.3 is 0 Å². The molecule has 126 valence electrons. The quantitative estimate of drug-likeness (QED) is 0.869. The van der Waals surface area contributed by atoms with Crippen LogP contribution in [0.1, 0.15) is 36.6 Å². The molecule has 0 unspecified atom stereocenters. The van der Waals surface area contributed by atoms with Crippen molar-refractivity contribution in [3.8, 4) is 11.4 Å². The molecule has 4 atom stereocenters. The van der Waals surface area contributed by atoms with Crippen LogP contribution in [0.25, 0.3) is 11.4 Å². The summed E-state index contributed by atoms with van der Waals surface area (Å²) in [4.78, 5) is 19.0. The Labute approximate surface area is 142 Å². The second kappa shape index (κ2) is 5.72. The lowest BCUT2D eigenvalue weighted by molar-refractivity contribution is -0.135. The first-order valence-corrected chi connectivity index (χ1v) is 8.66. The Hall–Kier alpha value is -2.17. The van der Waals surface area contributed by atoms with Crippen LogP contribution in [0, 0.1) is 24.7 Å². The van der Waals surface area contributed by atoms with Crippen LogP contribution in [0.3, 0.4) is 0 Å². The topological polar surface area (TPSA) is 59.2 Å². The fourth-order valence-corrected chi connectivity index (χ4v) is 4.57. The van der Waals surface area contributed by atoms with E-state index in [4.69, 9.17) is 4.52 Å². The lowest BCUT2D eigenvalue weighted by atomic mass is 9.78. The number of hydrogen-bond acceptors (Lipinski definition) is 4. The molecule has 5 nitrogen and oxygen atoms in total. The molecule has 0 radical (unpaired) electrons. The van der Waals surface area contributed by atoms with Crippen LogP contribution in [-0.2, 0) is 4.79 Å². The van der Waals surface area contributed by atoms with Crippen LogP contribution in [0.5, 0.6) is 0 Å². The van der Waals surface area contributed by atoms with Gasteiger partial charge in [0.25, 0.3) is 0 Å². The third kappa shape index (κ3) is 2.43. The van der Waals surface area contributed by atoms with Gasteiger partial charge in [-0.15, -0.1) is 0 Å². The largest absolute Gasteiger partial charge is 0.349 e. The molecule has 0 N–H and O–H groups in total. The maximum absolute atomic E-state index is 12.7. The molecule has 1 aromatic carbocycles. The predicted molar refractivity (Wildman–Crippen MR) is 90.2 cm³/mol. The Balaban J connectivity index is 1.67. The maximum Gasteiger partial charge on any atom is 0.231 e. The van der Waals surface area contributed by atoms with E-state index in [1.54, 1.807) is 4.90 Å². The second-order valence-electron chi connectivity index (χ2n) is 7.44. The van der Waals surface area contributed by atoms with Crippen LogP contribution < -0.4 is 0 Å². The first-order chi connectivity index (χ1) is 11.5. The molecule has 0 spiro atoms. The summed E-state index contributed by atoms with van der Waals surface area (Å²) in [7, 11) is 3.66. The minimum absolute atomic E-state index is 0.00967. The highest BCUT2D eigenvalue weighted by atomic mass is 16.5. The standard InChI is InChI=1S/C19H23N3O2/c1-11-5-4-6-14(9-11)17-20-18(24-21-17)15-12-7-8-13(10-12)16(15)19(23)22(2)3/h4-6,9,12-13,15-16H,7-8,10H2,1-3H3/t12-,13+,15+,16+/m1/s1. The molecule has 4 rings (SSSR count). The molecule has 2 fully saturated rings. The molecule has 0 saturated heterocycles. The van der Waals surface area contributed by atoms with Gasteiger partial charge in [-0.3, -0.25) is 4.79 Å². The summed E-state index contributed by atoms with van der Waals surface area (Å²) in [5.74, 6) is 2.47. The Kier molecular flexibility index (Phi) is 3.66. The average Bonchev–Trinajstić information content (AvgIpc) is 3.28. The summed E-state index contributed by atoms with van der Waals surface area (Å²) >= 11 is 0. The van der Waals surface area contributed by atoms with E-state index in [1.165, 1.54) is 5.56 Å². The number of aromatic nitrogens is 2. The van der Waals surface area contributed by atoms with Crippen molar-refractivity contribution in [3.05, 3.63) is 35.7 Å². The zero-order valence-corrected chi connectivity index (χ0v) is 14.4. The summed E-state index contributed by atoms with van der Waals surface area (Å²) in [6.45, 7) is 2.05. The predicted octanol–water partition coefficient (Wildman–Crippen LogP) is 3.26. The first kappa shape index (κ1) is 15.4. The molecule has 0 aliphatic heterocycles. The Morgan fingerprint density at radius 3 is 2.79 bits per heavy atom. The molecular formula is C19H23N3O2. The molecule has 2 aromatic rings. The van der Waals surface area contributed by atoms with Gasteiger partial charge in [-0.25, -0.2) is 0 Å². The van der Waals surface area contributed by atoms with Crippen LogP contribution in [-0.4, -0.2) is 35.0 Å². The van der Waals surface area contributed by atoms with E-state index in [1.807, 2.05) is 39.2 Å². The normalized spacial score (nSPS) is 28.3. The first-order valence-electron chi connectivity index (χ1n) is 8.66. The Bertz CT molecular complexity index is 767. The van der Waals surface area contributed by atoms with Gasteiger partial charge in [0.2, 0.25) is 17.6 Å². The lowest BCUT2D eigenvalue weighted by Crippen LogP contribution is -2.36. The molecule has 1 heterocycles. The molecule has 2 aliphatic rings. The molecule has 5 heteroatoms. The highest BCUT2D eigenvalue weighted by Gasteiger charge is 2.53. The van der Waals surface area contributed by atoms with Crippen molar-refractivity contribution < 1.29 is 9.32 Å². The molecule has 2 saturated carbocycles. The number of amides is 1. The number of fused-ring (bicyclic) bond motifs is 2. The third-order valence-electron chi connectivity index (χ3n) is 5.65. The number of rotatable bonds is 3. The number of hydrogen-bond donors (Lipinski definition) is 0. The Morgan fingerprint density at radius 1 is 1.25 bits per heavy atom. The van der Waals surface area contributed by atoms with E-state index in [2.05, 4.69) is 16.2 Å². The fourth-order valence-electron chi connectivity index (χ4n) is 4.57. The zero-order valence-electron chi connectivity index (χ0n) is 14.4. The van der Waals surface area contributed by atoms with Crippen LogP contribution in [0.2, 0.25) is 0 Å². The van der Waals surface area contributed by atoms with Crippen molar-refractivity contribution in [2.24, 2.45) is 17.8 Å². The minimum atomic E-state index is -0.00967. The van der Waals surface area contributed by atoms with E-state index >= 15 is 0 Å². The highest BCUT2D eigenvalue weighted by molar-refractivity contribution is 5.80. The van der Waals surface area contributed by atoms with E-state index in [-0.39, 0.29) is 17.7 Å². The monoisotopic (exact) mass is 325 g/mol. The number of benzene rings is 1. The second-order valence-corrected chi connectivity index (χ2v) is 7.44. The molecule has 1 amide bonds.